The number of thiophene rings is 1. The fourth-order valence-corrected chi connectivity index (χ4v) is 4.93. The molecule has 0 amide bonds. The largest absolute Gasteiger partial charge is 0.390 e. The number of fused-ring (bicyclic) bond motifs is 1. The number of carbonyl (C=O) groups is 1. The molecule has 0 bridgehead atoms. The predicted octanol–water partition coefficient (Wildman–Crippen LogP) is 1.64. The van der Waals surface area contributed by atoms with Gasteiger partial charge in [-0.15, -0.1) is 11.3 Å². The molecular formula is C11H15NO3S2. The van der Waals surface area contributed by atoms with Gasteiger partial charge in [0.2, 0.25) is 0 Å². The number of hydrogen-bond donors (Lipinski definition) is 1. The van der Waals surface area contributed by atoms with Crippen LogP contribution in [0, 0.1) is 5.92 Å². The number of sulfone groups is 1. The van der Waals surface area contributed by atoms with E-state index in [1.807, 2.05) is 13.8 Å². The molecule has 0 atom stereocenters. The summed E-state index contributed by atoms with van der Waals surface area (Å²) in [5.41, 5.74) is 7.28. The zero-order valence-corrected chi connectivity index (χ0v) is 11.5. The van der Waals surface area contributed by atoms with E-state index in [0.717, 1.165) is 10.4 Å². The average Bonchev–Trinajstić information content (AvgIpc) is 2.50. The van der Waals surface area contributed by atoms with Gasteiger partial charge in [-0.25, -0.2) is 8.42 Å². The van der Waals surface area contributed by atoms with Gasteiger partial charge in [0.25, 0.3) is 0 Å². The highest BCUT2D eigenvalue weighted by Gasteiger charge is 2.30. The van der Waals surface area contributed by atoms with Crippen molar-refractivity contribution in [1.82, 2.24) is 0 Å². The Morgan fingerprint density at radius 2 is 2.06 bits per heavy atom. The summed E-state index contributed by atoms with van der Waals surface area (Å²) in [7, 11) is -3.00. The van der Waals surface area contributed by atoms with Crippen LogP contribution in [0.5, 0.6) is 0 Å². The lowest BCUT2D eigenvalue weighted by Crippen LogP contribution is -2.20. The van der Waals surface area contributed by atoms with E-state index in [0.29, 0.717) is 17.0 Å². The highest BCUT2D eigenvalue weighted by molar-refractivity contribution is 7.90. The third-order valence-corrected chi connectivity index (χ3v) is 5.70. The van der Waals surface area contributed by atoms with E-state index in [9.17, 15) is 13.2 Å². The number of Topliss-reactive ketones (excluding diaryl/α,β-unsaturated/α-hetero) is 1. The lowest BCUT2D eigenvalue weighted by atomic mass is 9.97. The molecule has 1 aliphatic rings. The van der Waals surface area contributed by atoms with Gasteiger partial charge in [-0.3, -0.25) is 4.79 Å². The van der Waals surface area contributed by atoms with Crippen molar-refractivity contribution in [3.8, 4) is 0 Å². The van der Waals surface area contributed by atoms with Gasteiger partial charge in [0.05, 0.1) is 22.1 Å². The summed E-state index contributed by atoms with van der Waals surface area (Å²) < 4.78 is 23.0. The minimum Gasteiger partial charge on any atom is -0.390 e. The second-order valence-electron chi connectivity index (χ2n) is 4.60. The summed E-state index contributed by atoms with van der Waals surface area (Å²) in [6.07, 6.45) is 0.416. The highest BCUT2D eigenvalue weighted by atomic mass is 32.2. The zero-order chi connectivity index (χ0) is 12.8. The van der Waals surface area contributed by atoms with Crippen molar-refractivity contribution in [3.05, 3.63) is 16.0 Å². The van der Waals surface area contributed by atoms with Crippen LogP contribution in [0.15, 0.2) is 0 Å². The molecule has 4 nitrogen and oxygen atoms in total. The third-order valence-electron chi connectivity index (χ3n) is 2.90. The Balaban J connectivity index is 2.51. The summed E-state index contributed by atoms with van der Waals surface area (Å²) in [5, 5.41) is 0.464. The maximum atomic E-state index is 12.0. The Labute approximate surface area is 105 Å². The topological polar surface area (TPSA) is 77.2 Å². The number of hydrogen-bond acceptors (Lipinski definition) is 5. The third kappa shape index (κ3) is 2.24. The minimum absolute atomic E-state index is 0.0132. The lowest BCUT2D eigenvalue weighted by molar-refractivity contribution is 0.0939. The monoisotopic (exact) mass is 273 g/mol. The summed E-state index contributed by atoms with van der Waals surface area (Å²) in [6.45, 7) is 3.65. The fraction of sp³-hybridized carbons (Fsp3) is 0.545. The molecule has 17 heavy (non-hydrogen) atoms. The van der Waals surface area contributed by atoms with Crippen LogP contribution in [-0.2, 0) is 22.0 Å². The Hall–Kier alpha value is -0.880. The maximum Gasteiger partial charge on any atom is 0.168 e. The van der Waals surface area contributed by atoms with Crippen LogP contribution in [0.4, 0.5) is 5.00 Å². The van der Waals surface area contributed by atoms with E-state index >= 15 is 0 Å². The molecule has 6 heteroatoms. The molecule has 0 fully saturated rings. The van der Waals surface area contributed by atoms with Crippen LogP contribution in [0.3, 0.4) is 0 Å². The van der Waals surface area contributed by atoms with E-state index in [1.165, 1.54) is 11.3 Å². The van der Waals surface area contributed by atoms with E-state index in [2.05, 4.69) is 0 Å². The number of nitrogen functional groups attached to an aromatic ring is 1. The van der Waals surface area contributed by atoms with Crippen LogP contribution in [0.25, 0.3) is 0 Å². The smallest absolute Gasteiger partial charge is 0.168 e. The zero-order valence-electron chi connectivity index (χ0n) is 9.82. The Kier molecular flexibility index (Phi) is 3.03. The summed E-state index contributed by atoms with van der Waals surface area (Å²) in [5.74, 6) is 0.0470. The quantitative estimate of drug-likeness (QED) is 0.831. The Morgan fingerprint density at radius 1 is 1.41 bits per heavy atom. The van der Waals surface area contributed by atoms with Gasteiger partial charge in [0.15, 0.2) is 15.6 Å². The van der Waals surface area contributed by atoms with E-state index in [4.69, 9.17) is 5.73 Å². The number of anilines is 1. The molecule has 0 spiro atoms. The molecule has 0 aliphatic carbocycles. The number of rotatable bonds is 2. The van der Waals surface area contributed by atoms with Gasteiger partial charge in [-0.1, -0.05) is 13.8 Å². The SMILES string of the molecule is CC(C)C(=O)c1c(N)sc2c1CCS(=O)(=O)C2. The lowest BCUT2D eigenvalue weighted by Gasteiger charge is -2.14. The maximum absolute atomic E-state index is 12.0. The highest BCUT2D eigenvalue weighted by Crippen LogP contribution is 2.37. The van der Waals surface area contributed by atoms with Crippen LogP contribution < -0.4 is 5.73 Å². The fourth-order valence-electron chi connectivity index (χ4n) is 2.00. The first-order valence-electron chi connectivity index (χ1n) is 5.46. The molecule has 1 aliphatic heterocycles. The second kappa shape index (κ2) is 4.10. The normalized spacial score (nSPS) is 18.1. The van der Waals surface area contributed by atoms with Gasteiger partial charge in [-0.05, 0) is 12.0 Å². The van der Waals surface area contributed by atoms with Crippen LogP contribution in [0.1, 0.15) is 34.6 Å². The van der Waals surface area contributed by atoms with Crippen LogP contribution >= 0.6 is 11.3 Å². The van der Waals surface area contributed by atoms with Gasteiger partial charge >= 0.3 is 0 Å². The van der Waals surface area contributed by atoms with Crippen molar-refractivity contribution in [1.29, 1.82) is 0 Å². The molecule has 0 unspecified atom stereocenters. The summed E-state index contributed by atoms with van der Waals surface area (Å²) in [6, 6.07) is 0. The molecule has 2 N–H and O–H groups in total. The molecule has 0 radical (unpaired) electrons. The van der Waals surface area contributed by atoms with E-state index in [1.54, 1.807) is 0 Å². The molecule has 1 aromatic heterocycles. The predicted molar refractivity (Wildman–Crippen MR) is 69.1 cm³/mol. The van der Waals surface area contributed by atoms with Crippen molar-refractivity contribution in [2.45, 2.75) is 26.0 Å². The summed E-state index contributed by atoms with van der Waals surface area (Å²) >= 11 is 1.24. The first-order valence-corrected chi connectivity index (χ1v) is 8.10. The first kappa shape index (κ1) is 12.6. The molecule has 0 saturated carbocycles. The molecule has 2 rings (SSSR count). The van der Waals surface area contributed by atoms with Gasteiger partial charge in [-0.2, -0.15) is 0 Å². The van der Waals surface area contributed by atoms with Crippen LogP contribution in [0.2, 0.25) is 0 Å². The molecule has 0 aromatic carbocycles. The molecule has 94 valence electrons. The second-order valence-corrected chi connectivity index (χ2v) is 7.92. The van der Waals surface area contributed by atoms with Crippen molar-refractivity contribution in [2.75, 3.05) is 11.5 Å². The molecular weight excluding hydrogens is 258 g/mol. The van der Waals surface area contributed by atoms with Crippen LogP contribution in [-0.4, -0.2) is 20.0 Å². The van der Waals surface area contributed by atoms with Gasteiger partial charge in [0.1, 0.15) is 0 Å². The van der Waals surface area contributed by atoms with Crippen molar-refractivity contribution < 1.29 is 13.2 Å². The minimum atomic E-state index is -3.00. The number of carbonyl (C=O) groups excluding carboxylic acids is 1. The van der Waals surface area contributed by atoms with Gasteiger partial charge < -0.3 is 5.73 Å². The first-order chi connectivity index (χ1) is 7.82. The van der Waals surface area contributed by atoms with Crippen molar-refractivity contribution >= 4 is 32.0 Å². The van der Waals surface area contributed by atoms with E-state index in [-0.39, 0.29) is 23.2 Å². The number of nitrogens with two attached hydrogens (primary N) is 1. The number of ketones is 1. The molecule has 1 aromatic rings. The van der Waals surface area contributed by atoms with Gasteiger partial charge in [0, 0.05) is 10.8 Å². The molecule has 2 heterocycles. The van der Waals surface area contributed by atoms with Crippen molar-refractivity contribution in [3.63, 3.8) is 0 Å². The Bertz CT molecular complexity index is 570. The van der Waals surface area contributed by atoms with Crippen molar-refractivity contribution in [2.24, 2.45) is 5.92 Å². The standard InChI is InChI=1S/C11H15NO3S2/c1-6(2)10(13)9-7-3-4-17(14,15)5-8(7)16-11(9)12/h6H,3-5,12H2,1-2H3. The summed E-state index contributed by atoms with van der Waals surface area (Å²) in [4.78, 5) is 12.8. The Morgan fingerprint density at radius 3 is 2.65 bits per heavy atom. The average molecular weight is 273 g/mol. The van der Waals surface area contributed by atoms with E-state index < -0.39 is 9.84 Å². The molecule has 0 saturated heterocycles.